The fourth-order valence-corrected chi connectivity index (χ4v) is 2.12. The number of likely N-dealkylation sites (tertiary alicyclic amines) is 1. The summed E-state index contributed by atoms with van der Waals surface area (Å²) in [5.41, 5.74) is 1.11. The van der Waals surface area contributed by atoms with Crippen LogP contribution in [-0.4, -0.2) is 41.0 Å². The number of hydrogen-bond acceptors (Lipinski definition) is 3. The largest absolute Gasteiger partial charge is 0.354 e. The van der Waals surface area contributed by atoms with Gasteiger partial charge in [0, 0.05) is 24.5 Å². The smallest absolute Gasteiger partial charge is 0.200 e. The second kappa shape index (κ2) is 4.66. The van der Waals surface area contributed by atoms with Crippen LogP contribution in [0, 0.1) is 6.92 Å². The molecule has 0 aliphatic carbocycles. The van der Waals surface area contributed by atoms with Crippen LogP contribution >= 0.6 is 0 Å². The molecule has 15 heavy (non-hydrogen) atoms. The maximum absolute atomic E-state index is 4.24. The third-order valence-electron chi connectivity index (χ3n) is 3.13. The number of aryl methyl sites for hydroxylation is 1. The van der Waals surface area contributed by atoms with Crippen LogP contribution in [0.25, 0.3) is 0 Å². The molecule has 1 saturated heterocycles. The fraction of sp³-hybridized carbons (Fsp3) is 0.727. The van der Waals surface area contributed by atoms with Crippen LogP contribution in [-0.2, 0) is 0 Å². The van der Waals surface area contributed by atoms with Crippen LogP contribution in [0.5, 0.6) is 0 Å². The van der Waals surface area contributed by atoms with E-state index in [1.807, 2.05) is 13.1 Å². The molecular formula is C11H20N4. The Morgan fingerprint density at radius 3 is 3.13 bits per heavy atom. The van der Waals surface area contributed by atoms with Crippen molar-refractivity contribution in [2.45, 2.75) is 32.2 Å². The zero-order valence-corrected chi connectivity index (χ0v) is 9.58. The highest BCUT2D eigenvalue weighted by Crippen LogP contribution is 2.15. The Morgan fingerprint density at radius 1 is 1.60 bits per heavy atom. The molecule has 0 saturated carbocycles. The summed E-state index contributed by atoms with van der Waals surface area (Å²) in [6.45, 7) is 4.23. The normalized spacial score (nSPS) is 22.9. The number of rotatable bonds is 3. The predicted molar refractivity (Wildman–Crippen MR) is 62.1 cm³/mol. The zero-order valence-electron chi connectivity index (χ0n) is 9.58. The Labute approximate surface area is 91.1 Å². The van der Waals surface area contributed by atoms with E-state index in [1.165, 1.54) is 25.8 Å². The van der Waals surface area contributed by atoms with Crippen molar-refractivity contribution in [1.29, 1.82) is 0 Å². The maximum atomic E-state index is 4.24. The molecule has 2 N–H and O–H groups in total. The minimum absolute atomic E-state index is 0.657. The molecule has 1 aromatic rings. The first kappa shape index (κ1) is 10.5. The Hall–Kier alpha value is -1.03. The van der Waals surface area contributed by atoms with Gasteiger partial charge >= 0.3 is 0 Å². The van der Waals surface area contributed by atoms with E-state index in [-0.39, 0.29) is 0 Å². The number of anilines is 1. The standard InChI is InChI=1S/C11H20N4/c1-9-7-12-11(14-9)13-8-10-5-3-4-6-15(10)2/h7,10H,3-6,8H2,1-2H3,(H2,12,13,14). The third kappa shape index (κ3) is 2.72. The number of aromatic amines is 1. The van der Waals surface area contributed by atoms with Gasteiger partial charge in [-0.15, -0.1) is 0 Å². The van der Waals surface area contributed by atoms with E-state index in [0.717, 1.165) is 18.2 Å². The molecule has 84 valence electrons. The Kier molecular flexibility index (Phi) is 3.26. The van der Waals surface area contributed by atoms with Gasteiger partial charge < -0.3 is 15.2 Å². The van der Waals surface area contributed by atoms with Crippen molar-refractivity contribution >= 4 is 5.95 Å². The van der Waals surface area contributed by atoms with Crippen molar-refractivity contribution in [3.63, 3.8) is 0 Å². The summed E-state index contributed by atoms with van der Waals surface area (Å²) in [4.78, 5) is 9.87. The van der Waals surface area contributed by atoms with Crippen molar-refractivity contribution in [2.75, 3.05) is 25.5 Å². The highest BCUT2D eigenvalue weighted by Gasteiger charge is 2.18. The van der Waals surface area contributed by atoms with Crippen LogP contribution < -0.4 is 5.32 Å². The van der Waals surface area contributed by atoms with Gasteiger partial charge in [-0.3, -0.25) is 0 Å². The number of H-pyrrole nitrogens is 1. The van der Waals surface area contributed by atoms with Crippen molar-refractivity contribution in [1.82, 2.24) is 14.9 Å². The van der Waals surface area contributed by atoms with Gasteiger partial charge in [-0.1, -0.05) is 6.42 Å². The molecule has 4 heteroatoms. The molecule has 2 rings (SSSR count). The first-order valence-corrected chi connectivity index (χ1v) is 5.71. The van der Waals surface area contributed by atoms with Crippen molar-refractivity contribution in [3.8, 4) is 0 Å². The van der Waals surface area contributed by atoms with E-state index in [4.69, 9.17) is 0 Å². The average Bonchev–Trinajstić information content (AvgIpc) is 2.63. The highest BCUT2D eigenvalue weighted by molar-refractivity contribution is 5.26. The molecule has 1 unspecified atom stereocenters. The summed E-state index contributed by atoms with van der Waals surface area (Å²) in [6, 6.07) is 0.657. The molecule has 1 aliphatic heterocycles. The fourth-order valence-electron chi connectivity index (χ4n) is 2.12. The molecular weight excluding hydrogens is 188 g/mol. The lowest BCUT2D eigenvalue weighted by Crippen LogP contribution is -2.40. The second-order valence-electron chi connectivity index (χ2n) is 4.43. The first-order chi connectivity index (χ1) is 7.25. The van der Waals surface area contributed by atoms with E-state index in [0.29, 0.717) is 6.04 Å². The van der Waals surface area contributed by atoms with Gasteiger partial charge in [0.2, 0.25) is 0 Å². The minimum Gasteiger partial charge on any atom is -0.354 e. The number of likely N-dealkylation sites (N-methyl/N-ethyl adjacent to an activating group) is 1. The molecule has 0 aromatic carbocycles. The van der Waals surface area contributed by atoms with Crippen LogP contribution in [0.4, 0.5) is 5.95 Å². The number of aromatic nitrogens is 2. The Morgan fingerprint density at radius 2 is 2.47 bits per heavy atom. The molecule has 0 radical (unpaired) electrons. The highest BCUT2D eigenvalue weighted by atomic mass is 15.2. The number of piperidine rings is 1. The summed E-state index contributed by atoms with van der Waals surface area (Å²) in [5, 5.41) is 3.36. The van der Waals surface area contributed by atoms with Gasteiger partial charge in [0.1, 0.15) is 0 Å². The number of hydrogen-bond donors (Lipinski definition) is 2. The Balaban J connectivity index is 1.81. The summed E-state index contributed by atoms with van der Waals surface area (Å²) in [7, 11) is 2.21. The van der Waals surface area contributed by atoms with E-state index >= 15 is 0 Å². The van der Waals surface area contributed by atoms with Gasteiger partial charge in [0.25, 0.3) is 0 Å². The average molecular weight is 208 g/mol. The summed E-state index contributed by atoms with van der Waals surface area (Å²) in [6.07, 6.45) is 5.84. The molecule has 1 atom stereocenters. The van der Waals surface area contributed by atoms with Crippen LogP contribution in [0.1, 0.15) is 25.0 Å². The van der Waals surface area contributed by atoms with Crippen LogP contribution in [0.2, 0.25) is 0 Å². The molecule has 1 aliphatic rings. The van der Waals surface area contributed by atoms with E-state index in [2.05, 4.69) is 27.2 Å². The van der Waals surface area contributed by atoms with E-state index < -0.39 is 0 Å². The summed E-state index contributed by atoms with van der Waals surface area (Å²) in [5.74, 6) is 0.895. The number of nitrogens with zero attached hydrogens (tertiary/aromatic N) is 2. The van der Waals surface area contributed by atoms with Gasteiger partial charge in [0.15, 0.2) is 5.95 Å². The van der Waals surface area contributed by atoms with Gasteiger partial charge in [-0.2, -0.15) is 0 Å². The van der Waals surface area contributed by atoms with E-state index in [9.17, 15) is 0 Å². The predicted octanol–water partition coefficient (Wildman–Crippen LogP) is 1.61. The molecule has 0 spiro atoms. The van der Waals surface area contributed by atoms with Gasteiger partial charge in [-0.05, 0) is 33.4 Å². The van der Waals surface area contributed by atoms with Crippen LogP contribution in [0.15, 0.2) is 6.20 Å². The molecule has 2 heterocycles. The summed E-state index contributed by atoms with van der Waals surface area (Å²) >= 11 is 0. The lowest BCUT2D eigenvalue weighted by molar-refractivity contribution is 0.194. The lowest BCUT2D eigenvalue weighted by atomic mass is 10.0. The van der Waals surface area contributed by atoms with Crippen LogP contribution in [0.3, 0.4) is 0 Å². The SMILES string of the molecule is Cc1cnc(NCC2CCCCN2C)[nH]1. The monoisotopic (exact) mass is 208 g/mol. The number of nitrogens with one attached hydrogen (secondary N) is 2. The summed E-state index contributed by atoms with van der Waals surface area (Å²) < 4.78 is 0. The minimum atomic E-state index is 0.657. The maximum Gasteiger partial charge on any atom is 0.200 e. The quantitative estimate of drug-likeness (QED) is 0.793. The van der Waals surface area contributed by atoms with Crippen molar-refractivity contribution in [3.05, 3.63) is 11.9 Å². The molecule has 0 bridgehead atoms. The van der Waals surface area contributed by atoms with Crippen molar-refractivity contribution in [2.24, 2.45) is 0 Å². The topological polar surface area (TPSA) is 44.0 Å². The molecule has 1 aromatic heterocycles. The first-order valence-electron chi connectivity index (χ1n) is 5.71. The second-order valence-corrected chi connectivity index (χ2v) is 4.43. The molecule has 4 nitrogen and oxygen atoms in total. The molecule has 0 amide bonds. The zero-order chi connectivity index (χ0) is 10.7. The van der Waals surface area contributed by atoms with Gasteiger partial charge in [0.05, 0.1) is 0 Å². The Bertz CT molecular complexity index is 307. The van der Waals surface area contributed by atoms with Crippen molar-refractivity contribution < 1.29 is 0 Å². The molecule has 1 fully saturated rings. The lowest BCUT2D eigenvalue weighted by Gasteiger charge is -2.32. The number of imidazole rings is 1. The van der Waals surface area contributed by atoms with E-state index in [1.54, 1.807) is 0 Å². The van der Waals surface area contributed by atoms with Gasteiger partial charge in [-0.25, -0.2) is 4.98 Å². The third-order valence-corrected chi connectivity index (χ3v) is 3.13.